The van der Waals surface area contributed by atoms with Gasteiger partial charge in [0, 0.05) is 42.3 Å². The van der Waals surface area contributed by atoms with E-state index in [9.17, 15) is 23.9 Å². The number of ether oxygens (including phenoxy) is 1. The molecule has 2 aliphatic rings. The van der Waals surface area contributed by atoms with Crippen molar-refractivity contribution in [3.63, 3.8) is 0 Å². The zero-order valence-electron chi connectivity index (χ0n) is 17.0. The maximum absolute atomic E-state index is 13.4. The van der Waals surface area contributed by atoms with Crippen molar-refractivity contribution in [2.45, 2.75) is 31.5 Å². The molecule has 32 heavy (non-hydrogen) atoms. The number of nitrogens with one attached hydrogen (secondary N) is 2. The minimum atomic E-state index is -2.28. The van der Waals surface area contributed by atoms with E-state index >= 15 is 0 Å². The summed E-state index contributed by atoms with van der Waals surface area (Å²) >= 11 is 5.80. The number of fused-ring (bicyclic) bond motifs is 1. The summed E-state index contributed by atoms with van der Waals surface area (Å²) in [7, 11) is 0. The van der Waals surface area contributed by atoms with E-state index in [1.165, 1.54) is 17.0 Å². The van der Waals surface area contributed by atoms with E-state index in [0.717, 1.165) is 5.56 Å². The van der Waals surface area contributed by atoms with E-state index in [-0.39, 0.29) is 36.9 Å². The van der Waals surface area contributed by atoms with Crippen molar-refractivity contribution in [3.8, 4) is 0 Å². The van der Waals surface area contributed by atoms with Crippen LogP contribution >= 0.6 is 11.6 Å². The molecule has 3 N–H and O–H groups in total. The Bertz CT molecular complexity index is 1070. The molecule has 3 amide bonds. The number of benzene rings is 2. The van der Waals surface area contributed by atoms with E-state index < -0.39 is 23.6 Å². The van der Waals surface area contributed by atoms with Crippen molar-refractivity contribution in [3.05, 3.63) is 58.4 Å². The molecule has 0 unspecified atom stereocenters. The maximum atomic E-state index is 13.4. The molecule has 0 spiro atoms. The number of hydrogen-bond acceptors (Lipinski definition) is 5. The molecular weight excluding hydrogens is 441 g/mol. The molecule has 1 atom stereocenters. The average molecular weight is 462 g/mol. The lowest BCUT2D eigenvalue weighted by Crippen LogP contribution is -2.46. The van der Waals surface area contributed by atoms with Crippen LogP contribution in [0, 0.1) is 5.82 Å². The Hall–Kier alpha value is -3.17. The minimum absolute atomic E-state index is 0.0585. The lowest BCUT2D eigenvalue weighted by Gasteiger charge is -2.24. The quantitative estimate of drug-likeness (QED) is 0.593. The first kappa shape index (κ1) is 22.0. The molecule has 0 radical (unpaired) electrons. The molecule has 0 aromatic heterocycles. The largest absolute Gasteiger partial charge is 0.410 e. The highest BCUT2D eigenvalue weighted by molar-refractivity contribution is 6.30. The summed E-state index contributed by atoms with van der Waals surface area (Å²) < 4.78 is 18.4. The highest BCUT2D eigenvalue weighted by Crippen LogP contribution is 2.33. The van der Waals surface area contributed by atoms with E-state index in [1.54, 1.807) is 24.3 Å². The molecule has 168 valence electrons. The van der Waals surface area contributed by atoms with Gasteiger partial charge in [0.1, 0.15) is 5.82 Å². The van der Waals surface area contributed by atoms with Crippen LogP contribution in [0.25, 0.3) is 0 Å². The van der Waals surface area contributed by atoms with Crippen LogP contribution < -0.4 is 15.5 Å². The number of halogens is 2. The molecule has 2 aromatic carbocycles. The van der Waals surface area contributed by atoms with Gasteiger partial charge in [0.2, 0.25) is 5.91 Å². The molecule has 10 heteroatoms. The molecule has 2 aromatic rings. The number of anilines is 2. The van der Waals surface area contributed by atoms with Crippen LogP contribution in [0.4, 0.5) is 20.6 Å². The topological polar surface area (TPSA) is 108 Å². The third-order valence-corrected chi connectivity index (χ3v) is 5.63. The highest BCUT2D eigenvalue weighted by Gasteiger charge is 2.49. The number of alkyl carbamates (subject to hydrolysis) is 1. The Morgan fingerprint density at radius 2 is 2.06 bits per heavy atom. The summed E-state index contributed by atoms with van der Waals surface area (Å²) in [5, 5.41) is 16.1. The Morgan fingerprint density at radius 3 is 2.84 bits per heavy atom. The highest BCUT2D eigenvalue weighted by atomic mass is 35.5. The molecule has 4 rings (SSSR count). The van der Waals surface area contributed by atoms with Gasteiger partial charge in [0.25, 0.3) is 11.7 Å². The van der Waals surface area contributed by atoms with Crippen molar-refractivity contribution in [1.82, 2.24) is 5.32 Å². The molecule has 1 fully saturated rings. The van der Waals surface area contributed by atoms with Crippen LogP contribution in [0.1, 0.15) is 24.0 Å². The summed E-state index contributed by atoms with van der Waals surface area (Å²) in [5.41, 5.74) is 2.72. The zero-order valence-corrected chi connectivity index (χ0v) is 17.7. The van der Waals surface area contributed by atoms with Crippen LogP contribution in [0.2, 0.25) is 5.02 Å². The summed E-state index contributed by atoms with van der Waals surface area (Å²) in [4.78, 5) is 37.8. The molecule has 0 bridgehead atoms. The van der Waals surface area contributed by atoms with Crippen molar-refractivity contribution >= 4 is 40.9 Å². The minimum Gasteiger partial charge on any atom is -0.407 e. The van der Waals surface area contributed by atoms with Crippen molar-refractivity contribution in [2.24, 2.45) is 0 Å². The fourth-order valence-corrected chi connectivity index (χ4v) is 4.06. The van der Waals surface area contributed by atoms with Crippen LogP contribution in [-0.4, -0.2) is 41.9 Å². The van der Waals surface area contributed by atoms with Gasteiger partial charge in [-0.25, -0.2) is 9.18 Å². The lowest BCUT2D eigenvalue weighted by molar-refractivity contribution is -0.175. The molecule has 8 nitrogen and oxygen atoms in total. The SMILES string of the molecule is O=C1CCc2cc(N3CC[C@](O)(OC(=O)NCCc4cc(F)cc(Cl)c4)C3=O)ccc2N1. The normalized spacial score (nSPS) is 20.0. The Morgan fingerprint density at radius 1 is 1.25 bits per heavy atom. The molecular formula is C22H21ClFN3O5. The Labute approximate surface area is 188 Å². The van der Waals surface area contributed by atoms with E-state index in [0.29, 0.717) is 29.8 Å². The van der Waals surface area contributed by atoms with E-state index in [1.807, 2.05) is 0 Å². The summed E-state index contributed by atoms with van der Waals surface area (Å²) in [6.45, 7) is 0.263. The smallest absolute Gasteiger partial charge is 0.407 e. The second kappa shape index (κ2) is 8.76. The van der Waals surface area contributed by atoms with Gasteiger partial charge in [0.05, 0.1) is 0 Å². The first-order valence-electron chi connectivity index (χ1n) is 10.1. The lowest BCUT2D eigenvalue weighted by atomic mass is 10.0. The fraction of sp³-hybridized carbons (Fsp3) is 0.318. The Kier molecular flexibility index (Phi) is 6.03. The summed E-state index contributed by atoms with van der Waals surface area (Å²) in [6.07, 6.45) is 0.151. The summed E-state index contributed by atoms with van der Waals surface area (Å²) in [6, 6.07) is 9.21. The predicted octanol–water partition coefficient (Wildman–Crippen LogP) is 2.76. The number of hydrogen-bond donors (Lipinski definition) is 3. The van der Waals surface area contributed by atoms with Gasteiger partial charge >= 0.3 is 6.09 Å². The number of amides is 3. The van der Waals surface area contributed by atoms with Gasteiger partial charge in [-0.1, -0.05) is 11.6 Å². The maximum Gasteiger partial charge on any atom is 0.410 e. The van der Waals surface area contributed by atoms with Gasteiger partial charge in [0.15, 0.2) is 0 Å². The van der Waals surface area contributed by atoms with Gasteiger partial charge in [-0.15, -0.1) is 0 Å². The monoisotopic (exact) mass is 461 g/mol. The molecule has 2 aliphatic heterocycles. The van der Waals surface area contributed by atoms with E-state index in [2.05, 4.69) is 10.6 Å². The number of aliphatic hydroxyl groups is 1. The van der Waals surface area contributed by atoms with Crippen molar-refractivity contribution in [1.29, 1.82) is 0 Å². The molecule has 0 aliphatic carbocycles. The van der Waals surface area contributed by atoms with Crippen LogP contribution in [-0.2, 0) is 27.2 Å². The molecule has 0 saturated carbocycles. The van der Waals surface area contributed by atoms with Gasteiger partial charge in [-0.05, 0) is 60.4 Å². The fourth-order valence-electron chi connectivity index (χ4n) is 3.82. The zero-order chi connectivity index (χ0) is 22.9. The second-order valence-corrected chi connectivity index (χ2v) is 8.16. The number of carbonyl (C=O) groups is 3. The molecule has 2 heterocycles. The average Bonchev–Trinajstić information content (AvgIpc) is 3.01. The van der Waals surface area contributed by atoms with Crippen molar-refractivity contribution in [2.75, 3.05) is 23.3 Å². The van der Waals surface area contributed by atoms with Gasteiger partial charge < -0.3 is 25.4 Å². The van der Waals surface area contributed by atoms with E-state index in [4.69, 9.17) is 16.3 Å². The van der Waals surface area contributed by atoms with Crippen LogP contribution in [0.5, 0.6) is 0 Å². The number of aryl methyl sites for hydroxylation is 1. The third kappa shape index (κ3) is 4.68. The van der Waals surface area contributed by atoms with Crippen LogP contribution in [0.15, 0.2) is 36.4 Å². The first-order valence-corrected chi connectivity index (χ1v) is 10.5. The predicted molar refractivity (Wildman–Crippen MR) is 115 cm³/mol. The number of nitrogens with zero attached hydrogens (tertiary/aromatic N) is 1. The van der Waals surface area contributed by atoms with Crippen LogP contribution in [0.3, 0.4) is 0 Å². The van der Waals surface area contributed by atoms with Crippen molar-refractivity contribution < 1.29 is 28.6 Å². The first-order chi connectivity index (χ1) is 15.2. The number of carbonyl (C=O) groups excluding carboxylic acids is 3. The standard InChI is InChI=1S/C22H21ClFN3O5/c23-15-9-13(10-16(24)12-15)5-7-25-21(30)32-22(31)6-8-27(20(22)29)17-2-3-18-14(11-17)1-4-19(28)26-18/h2-3,9-12,31H,1,4-8H2,(H,25,30)(H,26,28)/t22-/m0/s1. The third-order valence-electron chi connectivity index (χ3n) is 5.42. The number of rotatable bonds is 5. The Balaban J connectivity index is 1.35. The summed E-state index contributed by atoms with van der Waals surface area (Å²) in [5.74, 6) is -3.57. The van der Waals surface area contributed by atoms with Gasteiger partial charge in [-0.3, -0.25) is 9.59 Å². The molecule has 1 saturated heterocycles. The van der Waals surface area contributed by atoms with Gasteiger partial charge in [-0.2, -0.15) is 0 Å². The second-order valence-electron chi connectivity index (χ2n) is 7.72.